The van der Waals surface area contributed by atoms with Crippen molar-refractivity contribution >= 4 is 50.5 Å². The highest BCUT2D eigenvalue weighted by Gasteiger charge is 2.34. The number of para-hydroxylation sites is 2. The van der Waals surface area contributed by atoms with Crippen LogP contribution in [-0.4, -0.2) is 64.8 Å². The van der Waals surface area contributed by atoms with E-state index in [1.165, 1.54) is 12.1 Å². The average Bonchev–Trinajstić information content (AvgIpc) is 2.75. The van der Waals surface area contributed by atoms with Gasteiger partial charge in [-0.15, -0.1) is 0 Å². The molecule has 0 saturated carbocycles. The van der Waals surface area contributed by atoms with Gasteiger partial charge in [-0.05, 0) is 37.3 Å². The summed E-state index contributed by atoms with van der Waals surface area (Å²) in [7, 11) is -2.16. The third kappa shape index (κ3) is 5.19. The predicted octanol–water partition coefficient (Wildman–Crippen LogP) is 3.51. The van der Waals surface area contributed by atoms with Gasteiger partial charge in [-0.2, -0.15) is 0 Å². The predicted molar refractivity (Wildman–Crippen MR) is 125 cm³/mol. The zero-order valence-corrected chi connectivity index (χ0v) is 19.9. The van der Waals surface area contributed by atoms with Crippen molar-refractivity contribution in [1.82, 2.24) is 4.90 Å². The van der Waals surface area contributed by atoms with E-state index < -0.39 is 16.1 Å². The van der Waals surface area contributed by atoms with E-state index in [4.69, 9.17) is 27.9 Å². The van der Waals surface area contributed by atoms with Gasteiger partial charge in [0.25, 0.3) is 0 Å². The molecule has 1 aliphatic heterocycles. The van der Waals surface area contributed by atoms with Gasteiger partial charge in [0.15, 0.2) is 0 Å². The minimum Gasteiger partial charge on any atom is -0.495 e. The van der Waals surface area contributed by atoms with Crippen molar-refractivity contribution in [3.05, 3.63) is 52.5 Å². The second-order valence-corrected chi connectivity index (χ2v) is 10.0. The number of nitrogens with zero attached hydrogens (tertiary/aromatic N) is 3. The molecule has 0 spiro atoms. The number of amides is 1. The van der Waals surface area contributed by atoms with Crippen molar-refractivity contribution in [2.24, 2.45) is 0 Å². The Morgan fingerprint density at radius 1 is 1.10 bits per heavy atom. The maximum atomic E-state index is 13.2. The van der Waals surface area contributed by atoms with Crippen LogP contribution in [0.5, 0.6) is 5.75 Å². The molecule has 31 heavy (non-hydrogen) atoms. The summed E-state index contributed by atoms with van der Waals surface area (Å²) in [6.45, 7) is 3.70. The molecule has 0 unspecified atom stereocenters. The summed E-state index contributed by atoms with van der Waals surface area (Å²) < 4.78 is 31.6. The maximum absolute atomic E-state index is 13.2. The Kier molecular flexibility index (Phi) is 7.24. The second-order valence-electron chi connectivity index (χ2n) is 7.31. The molecule has 3 rings (SSSR count). The second kappa shape index (κ2) is 9.54. The maximum Gasteiger partial charge on any atom is 0.246 e. The fourth-order valence-electron chi connectivity index (χ4n) is 3.75. The lowest BCUT2D eigenvalue weighted by Gasteiger charge is -2.39. The minimum atomic E-state index is -3.79. The van der Waals surface area contributed by atoms with Crippen LogP contribution >= 0.6 is 23.2 Å². The van der Waals surface area contributed by atoms with Gasteiger partial charge in [0.1, 0.15) is 11.8 Å². The van der Waals surface area contributed by atoms with Crippen LogP contribution in [0.15, 0.2) is 42.5 Å². The van der Waals surface area contributed by atoms with E-state index in [-0.39, 0.29) is 16.6 Å². The van der Waals surface area contributed by atoms with Crippen LogP contribution in [0.4, 0.5) is 11.4 Å². The molecule has 168 valence electrons. The first kappa shape index (κ1) is 23.5. The molecule has 1 atom stereocenters. The fraction of sp³-hybridized carbons (Fsp3) is 0.381. The van der Waals surface area contributed by atoms with Gasteiger partial charge >= 0.3 is 0 Å². The van der Waals surface area contributed by atoms with Crippen LogP contribution in [0.3, 0.4) is 0 Å². The molecule has 1 amide bonds. The number of piperazine rings is 1. The van der Waals surface area contributed by atoms with Crippen LogP contribution in [-0.2, 0) is 14.8 Å². The van der Waals surface area contributed by atoms with E-state index in [0.717, 1.165) is 22.0 Å². The first-order valence-electron chi connectivity index (χ1n) is 9.74. The molecule has 2 aromatic rings. The summed E-state index contributed by atoms with van der Waals surface area (Å²) in [5.74, 6) is 0.482. The third-order valence-electron chi connectivity index (χ3n) is 5.23. The monoisotopic (exact) mass is 485 g/mol. The topological polar surface area (TPSA) is 70.2 Å². The molecule has 0 aromatic heterocycles. The Morgan fingerprint density at radius 3 is 2.35 bits per heavy atom. The summed E-state index contributed by atoms with van der Waals surface area (Å²) in [6, 6.07) is 11.3. The summed E-state index contributed by atoms with van der Waals surface area (Å²) in [4.78, 5) is 17.0. The minimum absolute atomic E-state index is 0.185. The molecule has 10 heteroatoms. The number of hydrogen-bond acceptors (Lipinski definition) is 5. The van der Waals surface area contributed by atoms with Gasteiger partial charge in [-0.25, -0.2) is 8.42 Å². The number of benzene rings is 2. The van der Waals surface area contributed by atoms with Crippen molar-refractivity contribution < 1.29 is 17.9 Å². The molecule has 7 nitrogen and oxygen atoms in total. The lowest BCUT2D eigenvalue weighted by Crippen LogP contribution is -2.55. The van der Waals surface area contributed by atoms with E-state index in [1.807, 2.05) is 24.3 Å². The van der Waals surface area contributed by atoms with Gasteiger partial charge < -0.3 is 14.5 Å². The zero-order chi connectivity index (χ0) is 22.8. The first-order chi connectivity index (χ1) is 14.6. The smallest absolute Gasteiger partial charge is 0.246 e. The van der Waals surface area contributed by atoms with Gasteiger partial charge in [-0.3, -0.25) is 9.10 Å². The molecule has 1 heterocycles. The number of methoxy groups -OCH3 is 1. The first-order valence-corrected chi connectivity index (χ1v) is 12.3. The molecular formula is C21H25Cl2N3O4S. The van der Waals surface area contributed by atoms with Crippen LogP contribution < -0.4 is 13.9 Å². The molecule has 0 radical (unpaired) electrons. The van der Waals surface area contributed by atoms with Crippen molar-refractivity contribution in [1.29, 1.82) is 0 Å². The number of anilines is 2. The lowest BCUT2D eigenvalue weighted by molar-refractivity contribution is -0.132. The third-order valence-corrected chi connectivity index (χ3v) is 7.01. The number of halogens is 2. The zero-order valence-electron chi connectivity index (χ0n) is 17.6. The van der Waals surface area contributed by atoms with Crippen LogP contribution in [0.25, 0.3) is 0 Å². The number of hydrogen-bond donors (Lipinski definition) is 0. The van der Waals surface area contributed by atoms with Crippen LogP contribution in [0, 0.1) is 0 Å². The van der Waals surface area contributed by atoms with E-state index in [9.17, 15) is 13.2 Å². The highest BCUT2D eigenvalue weighted by molar-refractivity contribution is 7.92. The number of sulfonamides is 1. The van der Waals surface area contributed by atoms with Crippen molar-refractivity contribution in [2.75, 3.05) is 48.7 Å². The van der Waals surface area contributed by atoms with Gasteiger partial charge in [-0.1, -0.05) is 35.3 Å². The molecule has 0 N–H and O–H groups in total. The van der Waals surface area contributed by atoms with E-state index in [2.05, 4.69) is 4.90 Å². The van der Waals surface area contributed by atoms with Gasteiger partial charge in [0, 0.05) is 31.2 Å². The standard InChI is InChI=1S/C21H25Cl2N3O4S/c1-15(26(31(3,28)29)19-14-16(22)8-9-17(19)23)21(27)25-12-10-24(11-13-25)18-6-4-5-7-20(18)30-2/h4-9,14-15H,10-13H2,1-3H3/t15-/m0/s1. The molecule has 0 aliphatic carbocycles. The quantitative estimate of drug-likeness (QED) is 0.625. The summed E-state index contributed by atoms with van der Waals surface area (Å²) in [5.41, 5.74) is 1.15. The highest BCUT2D eigenvalue weighted by Crippen LogP contribution is 2.33. The highest BCUT2D eigenvalue weighted by atomic mass is 35.5. The molecule has 1 fully saturated rings. The molecular weight excluding hydrogens is 461 g/mol. The fourth-order valence-corrected chi connectivity index (χ4v) is 5.35. The normalized spacial score (nSPS) is 15.5. The number of carbonyl (C=O) groups excluding carboxylic acids is 1. The Labute approximate surface area is 193 Å². The van der Waals surface area contributed by atoms with Crippen LogP contribution in [0.1, 0.15) is 6.92 Å². The number of ether oxygens (including phenoxy) is 1. The summed E-state index contributed by atoms with van der Waals surface area (Å²) in [6.07, 6.45) is 1.05. The SMILES string of the molecule is COc1ccccc1N1CCN(C(=O)[C@H](C)N(c2cc(Cl)ccc2Cl)S(C)(=O)=O)CC1. The van der Waals surface area contributed by atoms with Gasteiger partial charge in [0.2, 0.25) is 15.9 Å². The average molecular weight is 486 g/mol. The van der Waals surface area contributed by atoms with Crippen LogP contribution in [0.2, 0.25) is 10.0 Å². The molecule has 1 saturated heterocycles. The Morgan fingerprint density at radius 2 is 1.74 bits per heavy atom. The van der Waals surface area contributed by atoms with Gasteiger partial charge in [0.05, 0.1) is 29.8 Å². The molecule has 0 bridgehead atoms. The Balaban J connectivity index is 1.78. The number of rotatable bonds is 6. The van der Waals surface area contributed by atoms with Crippen molar-refractivity contribution in [3.8, 4) is 5.75 Å². The molecule has 1 aliphatic rings. The van der Waals surface area contributed by atoms with E-state index >= 15 is 0 Å². The van der Waals surface area contributed by atoms with Crippen molar-refractivity contribution in [2.45, 2.75) is 13.0 Å². The number of carbonyl (C=O) groups is 1. The lowest BCUT2D eigenvalue weighted by atomic mass is 10.2. The summed E-state index contributed by atoms with van der Waals surface area (Å²) in [5, 5.41) is 0.536. The van der Waals surface area contributed by atoms with Crippen molar-refractivity contribution in [3.63, 3.8) is 0 Å². The molecule has 2 aromatic carbocycles. The summed E-state index contributed by atoms with van der Waals surface area (Å²) >= 11 is 12.3. The Bertz CT molecular complexity index is 1060. The Hall–Kier alpha value is -2.16. The largest absolute Gasteiger partial charge is 0.495 e. The van der Waals surface area contributed by atoms with E-state index in [1.54, 1.807) is 25.0 Å². The van der Waals surface area contributed by atoms with E-state index in [0.29, 0.717) is 31.2 Å².